The molecule has 0 aliphatic carbocycles. The first-order chi connectivity index (χ1) is 13.5. The molecule has 1 aromatic carbocycles. The van der Waals surface area contributed by atoms with Crippen LogP contribution in [-0.4, -0.2) is 29.1 Å². The standard InChI is InChI=1S/C24H33N3O2/c1-16-11-12-27-20(13-16)25-21(18-14-17(28-7)9-10-19(18)29-8)22(27)26-24(5,6)15-23(2,3)4/h9-14,26H,15H2,1-8H3. The third kappa shape index (κ3) is 4.66. The molecule has 0 spiro atoms. The summed E-state index contributed by atoms with van der Waals surface area (Å²) in [6, 6.07) is 10.0. The van der Waals surface area contributed by atoms with E-state index in [0.717, 1.165) is 40.6 Å². The maximum atomic E-state index is 5.65. The van der Waals surface area contributed by atoms with Crippen LogP contribution in [0.5, 0.6) is 11.5 Å². The van der Waals surface area contributed by atoms with Crippen molar-refractivity contribution in [3.63, 3.8) is 0 Å². The third-order valence-corrected chi connectivity index (χ3v) is 4.87. The highest BCUT2D eigenvalue weighted by molar-refractivity contribution is 5.81. The number of ether oxygens (including phenoxy) is 2. The van der Waals surface area contributed by atoms with Crippen molar-refractivity contribution in [2.24, 2.45) is 5.41 Å². The van der Waals surface area contributed by atoms with E-state index in [4.69, 9.17) is 14.5 Å². The molecule has 2 heterocycles. The number of fused-ring (bicyclic) bond motifs is 1. The highest BCUT2D eigenvalue weighted by Crippen LogP contribution is 2.39. The van der Waals surface area contributed by atoms with Crippen LogP contribution in [0.1, 0.15) is 46.6 Å². The molecular formula is C24H33N3O2. The fraction of sp³-hybridized carbons (Fsp3) is 0.458. The second-order valence-electron chi connectivity index (χ2n) is 9.55. The van der Waals surface area contributed by atoms with Crippen LogP contribution in [0.15, 0.2) is 36.5 Å². The lowest BCUT2D eigenvalue weighted by molar-refractivity contribution is 0.302. The maximum Gasteiger partial charge on any atom is 0.139 e. The zero-order valence-corrected chi connectivity index (χ0v) is 18.9. The lowest BCUT2D eigenvalue weighted by Crippen LogP contribution is -2.36. The topological polar surface area (TPSA) is 47.8 Å². The fourth-order valence-corrected chi connectivity index (χ4v) is 4.14. The number of aromatic nitrogens is 2. The molecule has 0 saturated heterocycles. The first kappa shape index (κ1) is 21.0. The van der Waals surface area contributed by atoms with Gasteiger partial charge in [-0.15, -0.1) is 0 Å². The normalized spacial score (nSPS) is 12.3. The molecule has 0 radical (unpaired) electrons. The Morgan fingerprint density at radius 1 is 1.00 bits per heavy atom. The minimum Gasteiger partial charge on any atom is -0.497 e. The quantitative estimate of drug-likeness (QED) is 0.560. The number of pyridine rings is 1. The lowest BCUT2D eigenvalue weighted by Gasteiger charge is -2.34. The van der Waals surface area contributed by atoms with Crippen LogP contribution in [0, 0.1) is 12.3 Å². The Kier molecular flexibility index (Phi) is 5.52. The number of rotatable bonds is 6. The molecule has 3 rings (SSSR count). The van der Waals surface area contributed by atoms with Crippen LogP contribution >= 0.6 is 0 Å². The summed E-state index contributed by atoms with van der Waals surface area (Å²) >= 11 is 0. The van der Waals surface area contributed by atoms with E-state index in [2.05, 4.69) is 69.6 Å². The van der Waals surface area contributed by atoms with Crippen LogP contribution in [0.2, 0.25) is 0 Å². The van der Waals surface area contributed by atoms with Crippen molar-refractivity contribution in [2.45, 2.75) is 53.5 Å². The molecular weight excluding hydrogens is 362 g/mol. The number of benzene rings is 1. The van der Waals surface area contributed by atoms with E-state index in [9.17, 15) is 0 Å². The summed E-state index contributed by atoms with van der Waals surface area (Å²) in [4.78, 5) is 4.97. The number of nitrogens with zero attached hydrogens (tertiary/aromatic N) is 2. The Bertz CT molecular complexity index is 1010. The fourth-order valence-electron chi connectivity index (χ4n) is 4.14. The zero-order valence-electron chi connectivity index (χ0n) is 18.9. The van der Waals surface area contributed by atoms with Gasteiger partial charge in [0.15, 0.2) is 0 Å². The van der Waals surface area contributed by atoms with Crippen molar-refractivity contribution in [3.8, 4) is 22.8 Å². The van der Waals surface area contributed by atoms with Gasteiger partial charge in [-0.3, -0.25) is 4.40 Å². The van der Waals surface area contributed by atoms with E-state index in [1.807, 2.05) is 18.2 Å². The van der Waals surface area contributed by atoms with Gasteiger partial charge in [-0.25, -0.2) is 4.98 Å². The molecule has 5 nitrogen and oxygen atoms in total. The van der Waals surface area contributed by atoms with Crippen LogP contribution < -0.4 is 14.8 Å². The third-order valence-electron chi connectivity index (χ3n) is 4.87. The van der Waals surface area contributed by atoms with Crippen molar-refractivity contribution < 1.29 is 9.47 Å². The first-order valence-electron chi connectivity index (χ1n) is 10.0. The summed E-state index contributed by atoms with van der Waals surface area (Å²) < 4.78 is 13.2. The van der Waals surface area contributed by atoms with Crippen molar-refractivity contribution in [2.75, 3.05) is 19.5 Å². The van der Waals surface area contributed by atoms with Crippen molar-refractivity contribution in [1.29, 1.82) is 0 Å². The molecule has 0 atom stereocenters. The molecule has 0 aliphatic heterocycles. The van der Waals surface area contributed by atoms with E-state index in [0.29, 0.717) is 0 Å². The summed E-state index contributed by atoms with van der Waals surface area (Å²) in [7, 11) is 3.35. The number of methoxy groups -OCH3 is 2. The summed E-state index contributed by atoms with van der Waals surface area (Å²) in [6.07, 6.45) is 3.08. The molecule has 0 saturated carbocycles. The molecule has 0 aliphatic rings. The Balaban J connectivity index is 2.21. The van der Waals surface area contributed by atoms with Crippen LogP contribution in [-0.2, 0) is 0 Å². The predicted molar refractivity (Wildman–Crippen MR) is 120 cm³/mol. The molecule has 1 N–H and O–H groups in total. The number of hydrogen-bond acceptors (Lipinski definition) is 4. The Hall–Kier alpha value is -2.69. The van der Waals surface area contributed by atoms with E-state index < -0.39 is 0 Å². The Labute approximate surface area is 174 Å². The van der Waals surface area contributed by atoms with Gasteiger partial charge in [0.05, 0.1) is 14.2 Å². The van der Waals surface area contributed by atoms with Gasteiger partial charge in [0, 0.05) is 17.3 Å². The summed E-state index contributed by atoms with van der Waals surface area (Å²) in [5, 5.41) is 3.78. The lowest BCUT2D eigenvalue weighted by atomic mass is 9.82. The molecule has 29 heavy (non-hydrogen) atoms. The molecule has 0 unspecified atom stereocenters. The molecule has 0 amide bonds. The van der Waals surface area contributed by atoms with Gasteiger partial charge in [-0.05, 0) is 68.5 Å². The second kappa shape index (κ2) is 7.62. The van der Waals surface area contributed by atoms with Crippen LogP contribution in [0.3, 0.4) is 0 Å². The van der Waals surface area contributed by atoms with Gasteiger partial charge in [-0.2, -0.15) is 0 Å². The minimum atomic E-state index is -0.125. The van der Waals surface area contributed by atoms with Crippen LogP contribution in [0.25, 0.3) is 16.9 Å². The minimum absolute atomic E-state index is 0.125. The first-order valence-corrected chi connectivity index (χ1v) is 10.0. The van der Waals surface area contributed by atoms with Gasteiger partial charge in [-0.1, -0.05) is 20.8 Å². The SMILES string of the molecule is COc1ccc(OC)c(-c2nc3cc(C)ccn3c2NC(C)(C)CC(C)(C)C)c1. The van der Waals surface area contributed by atoms with Crippen molar-refractivity contribution in [3.05, 3.63) is 42.1 Å². The van der Waals surface area contributed by atoms with Gasteiger partial charge in [0.2, 0.25) is 0 Å². The molecule has 3 aromatic rings. The summed E-state index contributed by atoms with van der Waals surface area (Å²) in [6.45, 7) is 13.3. The Morgan fingerprint density at radius 3 is 2.34 bits per heavy atom. The van der Waals surface area contributed by atoms with E-state index in [1.54, 1.807) is 14.2 Å². The molecule has 0 bridgehead atoms. The Morgan fingerprint density at radius 2 is 1.72 bits per heavy atom. The van der Waals surface area contributed by atoms with E-state index in [1.165, 1.54) is 5.56 Å². The van der Waals surface area contributed by atoms with E-state index in [-0.39, 0.29) is 11.0 Å². The number of nitrogens with one attached hydrogen (secondary N) is 1. The largest absolute Gasteiger partial charge is 0.497 e. The average Bonchev–Trinajstić information content (AvgIpc) is 2.95. The van der Waals surface area contributed by atoms with Gasteiger partial charge >= 0.3 is 0 Å². The van der Waals surface area contributed by atoms with Crippen molar-refractivity contribution >= 4 is 11.5 Å². The predicted octanol–water partition coefficient (Wildman–Crippen LogP) is 5.95. The second-order valence-corrected chi connectivity index (χ2v) is 9.55. The van der Waals surface area contributed by atoms with Gasteiger partial charge in [0.1, 0.15) is 28.7 Å². The highest BCUT2D eigenvalue weighted by Gasteiger charge is 2.28. The number of hydrogen-bond donors (Lipinski definition) is 1. The molecule has 0 fully saturated rings. The van der Waals surface area contributed by atoms with Crippen LogP contribution in [0.4, 0.5) is 5.82 Å². The average molecular weight is 396 g/mol. The van der Waals surface area contributed by atoms with Crippen molar-refractivity contribution in [1.82, 2.24) is 9.38 Å². The number of aryl methyl sites for hydroxylation is 1. The summed E-state index contributed by atoms with van der Waals surface area (Å²) in [5.74, 6) is 2.50. The van der Waals surface area contributed by atoms with E-state index >= 15 is 0 Å². The van der Waals surface area contributed by atoms with Gasteiger partial charge in [0.25, 0.3) is 0 Å². The number of imidazole rings is 1. The smallest absolute Gasteiger partial charge is 0.139 e. The maximum absolute atomic E-state index is 5.65. The number of anilines is 1. The molecule has 5 heteroatoms. The molecule has 2 aromatic heterocycles. The van der Waals surface area contributed by atoms with Gasteiger partial charge < -0.3 is 14.8 Å². The zero-order chi connectivity index (χ0) is 21.4. The monoisotopic (exact) mass is 395 g/mol. The molecule has 156 valence electrons. The summed E-state index contributed by atoms with van der Waals surface area (Å²) in [5.41, 5.74) is 3.91. The highest BCUT2D eigenvalue weighted by atomic mass is 16.5.